The smallest absolute Gasteiger partial charge is 0.316 e. The number of hydrogen-bond acceptors (Lipinski definition) is 4. The highest BCUT2D eigenvalue weighted by atomic mass is 32.1. The van der Waals surface area contributed by atoms with Gasteiger partial charge in [0.15, 0.2) is 0 Å². The van der Waals surface area contributed by atoms with E-state index in [9.17, 15) is 4.79 Å². The second-order valence-corrected chi connectivity index (χ2v) is 4.76. The summed E-state index contributed by atoms with van der Waals surface area (Å²) in [6.07, 6.45) is 1.55. The van der Waals surface area contributed by atoms with Crippen LogP contribution in [0.5, 0.6) is 0 Å². The molecule has 5 heteroatoms. The van der Waals surface area contributed by atoms with Gasteiger partial charge < -0.3 is 9.72 Å². The summed E-state index contributed by atoms with van der Waals surface area (Å²) in [4.78, 5) is 19.7. The summed E-state index contributed by atoms with van der Waals surface area (Å²) in [6.45, 7) is 2.20. The quantitative estimate of drug-likeness (QED) is 0.631. The van der Waals surface area contributed by atoms with Crippen molar-refractivity contribution in [2.24, 2.45) is 0 Å². The number of imidazole rings is 1. The van der Waals surface area contributed by atoms with Crippen molar-refractivity contribution in [3.05, 3.63) is 30.1 Å². The normalized spacial score (nSPS) is 12.5. The Balaban J connectivity index is 2.27. The van der Waals surface area contributed by atoms with E-state index in [-0.39, 0.29) is 11.9 Å². The van der Waals surface area contributed by atoms with Crippen LogP contribution in [0.15, 0.2) is 24.3 Å². The van der Waals surface area contributed by atoms with Crippen LogP contribution < -0.4 is 0 Å². The number of nitrogens with zero attached hydrogens (tertiary/aromatic N) is 1. The van der Waals surface area contributed by atoms with Crippen LogP contribution in [0, 0.1) is 0 Å². The molecule has 0 spiro atoms. The number of aromatic amines is 1. The van der Waals surface area contributed by atoms with Gasteiger partial charge in [-0.25, -0.2) is 4.98 Å². The molecule has 1 unspecified atom stereocenters. The van der Waals surface area contributed by atoms with Gasteiger partial charge in [-0.1, -0.05) is 12.1 Å². The summed E-state index contributed by atoms with van der Waals surface area (Å²) in [5.41, 5.74) is 1.82. The number of carbonyl (C=O) groups excluding carboxylic acids is 1. The highest BCUT2D eigenvalue weighted by molar-refractivity contribution is 7.80. The Morgan fingerprint density at radius 3 is 2.95 bits per heavy atom. The molecule has 0 fully saturated rings. The second-order valence-electron chi connectivity index (χ2n) is 4.31. The van der Waals surface area contributed by atoms with E-state index in [1.807, 2.05) is 31.2 Å². The lowest BCUT2D eigenvalue weighted by Gasteiger charge is -2.12. The third-order valence-corrected chi connectivity index (χ3v) is 3.28. The Labute approximate surface area is 118 Å². The molecule has 0 bridgehead atoms. The predicted molar refractivity (Wildman–Crippen MR) is 78.6 cm³/mol. The summed E-state index contributed by atoms with van der Waals surface area (Å²) >= 11 is 4.20. The first kappa shape index (κ1) is 13.9. The van der Waals surface area contributed by atoms with Crippen molar-refractivity contribution in [2.45, 2.75) is 25.7 Å². The van der Waals surface area contributed by atoms with Crippen molar-refractivity contribution in [2.75, 3.05) is 12.4 Å². The fourth-order valence-electron chi connectivity index (χ4n) is 2.04. The number of nitrogens with one attached hydrogen (secondary N) is 1. The topological polar surface area (TPSA) is 55.0 Å². The maximum Gasteiger partial charge on any atom is 0.316 e. The van der Waals surface area contributed by atoms with E-state index in [1.165, 1.54) is 0 Å². The molecule has 1 aromatic carbocycles. The monoisotopic (exact) mass is 278 g/mol. The van der Waals surface area contributed by atoms with Crippen LogP contribution in [0.3, 0.4) is 0 Å². The van der Waals surface area contributed by atoms with E-state index in [0.717, 1.165) is 23.2 Å². The van der Waals surface area contributed by atoms with Crippen LogP contribution in [0.4, 0.5) is 0 Å². The van der Waals surface area contributed by atoms with Crippen LogP contribution in [0.25, 0.3) is 11.0 Å². The number of fused-ring (bicyclic) bond motifs is 1. The number of esters is 1. The Morgan fingerprint density at radius 1 is 1.47 bits per heavy atom. The van der Waals surface area contributed by atoms with Crippen molar-refractivity contribution in [3.8, 4) is 0 Å². The zero-order chi connectivity index (χ0) is 13.7. The van der Waals surface area contributed by atoms with Crippen LogP contribution >= 0.6 is 12.6 Å². The van der Waals surface area contributed by atoms with E-state index in [4.69, 9.17) is 4.74 Å². The van der Waals surface area contributed by atoms with E-state index >= 15 is 0 Å². The minimum Gasteiger partial charge on any atom is -0.465 e. The van der Waals surface area contributed by atoms with Crippen LogP contribution in [0.2, 0.25) is 0 Å². The number of thiol groups is 1. The Hall–Kier alpha value is -1.49. The highest BCUT2D eigenvalue weighted by Crippen LogP contribution is 2.23. The Bertz CT molecular complexity index is 520. The molecular formula is C14H18N2O2S. The number of rotatable bonds is 6. The third-order valence-electron chi connectivity index (χ3n) is 2.96. The first-order valence-electron chi connectivity index (χ1n) is 6.48. The van der Waals surface area contributed by atoms with Gasteiger partial charge in [-0.3, -0.25) is 4.79 Å². The Morgan fingerprint density at radius 2 is 2.26 bits per heavy atom. The molecule has 0 saturated heterocycles. The van der Waals surface area contributed by atoms with E-state index in [0.29, 0.717) is 18.9 Å². The molecule has 2 aromatic rings. The number of para-hydroxylation sites is 2. The van der Waals surface area contributed by atoms with Gasteiger partial charge in [-0.15, -0.1) is 0 Å². The van der Waals surface area contributed by atoms with Crippen LogP contribution in [-0.2, 0) is 9.53 Å². The minimum absolute atomic E-state index is 0.219. The lowest BCUT2D eigenvalue weighted by atomic mass is 10.0. The largest absolute Gasteiger partial charge is 0.465 e. The Kier molecular flexibility index (Phi) is 4.85. The molecule has 1 atom stereocenters. The van der Waals surface area contributed by atoms with Crippen molar-refractivity contribution in [3.63, 3.8) is 0 Å². The van der Waals surface area contributed by atoms with Gasteiger partial charge in [0.1, 0.15) is 11.7 Å². The van der Waals surface area contributed by atoms with Gasteiger partial charge >= 0.3 is 5.97 Å². The first-order chi connectivity index (χ1) is 9.26. The zero-order valence-corrected chi connectivity index (χ0v) is 11.8. The number of benzene rings is 1. The van der Waals surface area contributed by atoms with Gasteiger partial charge in [-0.05, 0) is 37.7 Å². The van der Waals surface area contributed by atoms with Crippen molar-refractivity contribution >= 4 is 29.6 Å². The molecule has 2 rings (SSSR count). The summed E-state index contributed by atoms with van der Waals surface area (Å²) in [5.74, 6) is 0.875. The third kappa shape index (κ3) is 3.29. The molecule has 0 aliphatic rings. The molecular weight excluding hydrogens is 260 g/mol. The molecule has 4 nitrogen and oxygen atoms in total. The maximum atomic E-state index is 12.0. The standard InChI is InChI=1S/C14H18N2O2S/c1-2-18-14(17)10(6-5-9-19)13-15-11-7-3-4-8-12(11)16-13/h3-4,7-8,10,19H,2,5-6,9H2,1H3,(H,15,16). The van der Waals surface area contributed by atoms with Gasteiger partial charge in [0, 0.05) is 0 Å². The van der Waals surface area contributed by atoms with Crippen LogP contribution in [-0.4, -0.2) is 28.3 Å². The number of ether oxygens (including phenoxy) is 1. The molecule has 0 aliphatic heterocycles. The lowest BCUT2D eigenvalue weighted by Crippen LogP contribution is -2.17. The zero-order valence-electron chi connectivity index (χ0n) is 10.9. The first-order valence-corrected chi connectivity index (χ1v) is 7.11. The number of H-pyrrole nitrogens is 1. The second kappa shape index (κ2) is 6.61. The minimum atomic E-state index is -0.334. The SMILES string of the molecule is CCOC(=O)C(CCCS)c1nc2ccccc2[nH]1. The number of hydrogen-bond donors (Lipinski definition) is 2. The number of carbonyl (C=O) groups is 1. The molecule has 0 amide bonds. The molecule has 1 aromatic heterocycles. The van der Waals surface area contributed by atoms with Crippen molar-refractivity contribution in [1.82, 2.24) is 9.97 Å². The maximum absolute atomic E-state index is 12.0. The molecule has 1 N–H and O–H groups in total. The predicted octanol–water partition coefficient (Wildman–Crippen LogP) is 2.92. The number of aromatic nitrogens is 2. The highest BCUT2D eigenvalue weighted by Gasteiger charge is 2.24. The molecule has 1 heterocycles. The summed E-state index contributed by atoms with van der Waals surface area (Å²) in [6, 6.07) is 7.75. The fourth-order valence-corrected chi connectivity index (χ4v) is 2.22. The van der Waals surface area contributed by atoms with Gasteiger partial charge in [-0.2, -0.15) is 12.6 Å². The molecule has 0 radical (unpaired) electrons. The molecule has 102 valence electrons. The lowest BCUT2D eigenvalue weighted by molar-refractivity contribution is -0.145. The van der Waals surface area contributed by atoms with Gasteiger partial charge in [0.05, 0.1) is 17.6 Å². The summed E-state index contributed by atoms with van der Waals surface area (Å²) in [7, 11) is 0. The van der Waals surface area contributed by atoms with E-state index < -0.39 is 0 Å². The molecule has 0 aliphatic carbocycles. The average molecular weight is 278 g/mol. The molecule has 0 saturated carbocycles. The summed E-state index contributed by atoms with van der Waals surface area (Å²) in [5, 5.41) is 0. The van der Waals surface area contributed by atoms with Gasteiger partial charge in [0.2, 0.25) is 0 Å². The fraction of sp³-hybridized carbons (Fsp3) is 0.429. The van der Waals surface area contributed by atoms with Crippen molar-refractivity contribution in [1.29, 1.82) is 0 Å². The van der Waals surface area contributed by atoms with Crippen LogP contribution in [0.1, 0.15) is 31.5 Å². The van der Waals surface area contributed by atoms with Crippen molar-refractivity contribution < 1.29 is 9.53 Å². The van der Waals surface area contributed by atoms with E-state index in [1.54, 1.807) is 0 Å². The van der Waals surface area contributed by atoms with E-state index in [2.05, 4.69) is 22.6 Å². The summed E-state index contributed by atoms with van der Waals surface area (Å²) < 4.78 is 5.13. The average Bonchev–Trinajstić information content (AvgIpc) is 2.83. The molecule has 19 heavy (non-hydrogen) atoms. The van der Waals surface area contributed by atoms with Gasteiger partial charge in [0.25, 0.3) is 0 Å².